The van der Waals surface area contributed by atoms with Crippen molar-refractivity contribution in [1.82, 2.24) is 0 Å². The topological polar surface area (TPSA) is 145 Å². The quantitative estimate of drug-likeness (QED) is 0.566. The molecule has 0 saturated heterocycles. The third-order valence-corrected chi connectivity index (χ3v) is 4.98. The highest BCUT2D eigenvalue weighted by molar-refractivity contribution is 7.92. The Kier molecular flexibility index (Phi) is 6.26. The summed E-state index contributed by atoms with van der Waals surface area (Å²) >= 11 is 0. The predicted molar refractivity (Wildman–Crippen MR) is 102 cm³/mol. The fourth-order valence-corrected chi connectivity index (χ4v) is 3.70. The molecule has 0 atom stereocenters. The average Bonchev–Trinajstić information content (AvgIpc) is 2.65. The van der Waals surface area contributed by atoms with Crippen LogP contribution in [0.3, 0.4) is 0 Å². The molecule has 0 unspecified atom stereocenters. The van der Waals surface area contributed by atoms with E-state index in [4.69, 9.17) is 20.3 Å². The molecule has 1 amide bonds. The zero-order valence-corrected chi connectivity index (χ0v) is 15.8. The van der Waals surface area contributed by atoms with Crippen molar-refractivity contribution in [1.29, 1.82) is 0 Å². The summed E-state index contributed by atoms with van der Waals surface area (Å²) in [4.78, 5) is 22.0. The summed E-state index contributed by atoms with van der Waals surface area (Å²) in [6.07, 6.45) is 2.06. The number of carboxylic acids is 1. The van der Waals surface area contributed by atoms with Gasteiger partial charge in [-0.3, -0.25) is 9.52 Å². The lowest BCUT2D eigenvalue weighted by molar-refractivity contribution is -0.131. The fourth-order valence-electron chi connectivity index (χ4n) is 2.40. The first-order valence-electron chi connectivity index (χ1n) is 7.78. The van der Waals surface area contributed by atoms with Gasteiger partial charge >= 0.3 is 5.97 Å². The monoisotopic (exact) mass is 406 g/mol. The molecular weight excluding hydrogens is 388 g/mol. The molecule has 10 heteroatoms. The molecule has 0 radical (unpaired) electrons. The van der Waals surface area contributed by atoms with Crippen molar-refractivity contribution in [3.63, 3.8) is 0 Å². The van der Waals surface area contributed by atoms with Crippen LogP contribution in [0.15, 0.2) is 47.4 Å². The zero-order chi connectivity index (χ0) is 20.9. The predicted octanol–water partition coefficient (Wildman–Crippen LogP) is 1.70. The standard InChI is InChI=1S/C18H18N2O7S/c1-26-14-9-11(7-8-16(21)22)10-15(17(14)27-2)28(24,25)20-13-6-4-3-5-12(13)18(19)23/h3-10,20H,1-2H3,(H2,19,23)(H,21,22)/b8-7+. The molecule has 0 saturated carbocycles. The van der Waals surface area contributed by atoms with E-state index < -0.39 is 21.9 Å². The third kappa shape index (κ3) is 4.60. The Balaban J connectivity index is 2.62. The number of carbonyl (C=O) groups excluding carboxylic acids is 1. The molecule has 0 aliphatic carbocycles. The van der Waals surface area contributed by atoms with Gasteiger partial charge in [-0.25, -0.2) is 13.2 Å². The summed E-state index contributed by atoms with van der Waals surface area (Å²) in [5.41, 5.74) is 5.51. The maximum absolute atomic E-state index is 13.0. The largest absolute Gasteiger partial charge is 0.493 e. The smallest absolute Gasteiger partial charge is 0.328 e. The first-order valence-corrected chi connectivity index (χ1v) is 9.26. The number of hydrogen-bond donors (Lipinski definition) is 3. The molecule has 0 heterocycles. The van der Waals surface area contributed by atoms with Gasteiger partial charge in [0, 0.05) is 6.08 Å². The Morgan fingerprint density at radius 1 is 1.14 bits per heavy atom. The van der Waals surface area contributed by atoms with Gasteiger partial charge in [0.1, 0.15) is 4.90 Å². The lowest BCUT2D eigenvalue weighted by Gasteiger charge is -2.16. The molecule has 0 spiro atoms. The van der Waals surface area contributed by atoms with Gasteiger partial charge < -0.3 is 20.3 Å². The Morgan fingerprint density at radius 2 is 1.82 bits per heavy atom. The van der Waals surface area contributed by atoms with Crippen LogP contribution in [0.25, 0.3) is 6.08 Å². The number of methoxy groups -OCH3 is 2. The Hall–Kier alpha value is -3.53. The van der Waals surface area contributed by atoms with Gasteiger partial charge in [-0.2, -0.15) is 0 Å². The number of benzene rings is 2. The van der Waals surface area contributed by atoms with E-state index in [9.17, 15) is 18.0 Å². The van der Waals surface area contributed by atoms with Crippen molar-refractivity contribution in [2.75, 3.05) is 18.9 Å². The average molecular weight is 406 g/mol. The van der Waals surface area contributed by atoms with E-state index >= 15 is 0 Å². The van der Waals surface area contributed by atoms with E-state index in [0.717, 1.165) is 6.08 Å². The highest BCUT2D eigenvalue weighted by Crippen LogP contribution is 2.37. The van der Waals surface area contributed by atoms with Crippen LogP contribution in [0.1, 0.15) is 15.9 Å². The number of primary amides is 1. The number of rotatable bonds is 8. The van der Waals surface area contributed by atoms with Gasteiger partial charge in [-0.1, -0.05) is 12.1 Å². The number of nitrogens with two attached hydrogens (primary N) is 1. The van der Waals surface area contributed by atoms with Crippen LogP contribution in [-0.2, 0) is 14.8 Å². The summed E-state index contributed by atoms with van der Waals surface area (Å²) in [5.74, 6) is -2.01. The summed E-state index contributed by atoms with van der Waals surface area (Å²) in [6, 6.07) is 8.48. The second-order valence-electron chi connectivity index (χ2n) is 5.44. The number of hydrogen-bond acceptors (Lipinski definition) is 6. The Labute approximate surface area is 161 Å². The molecule has 2 rings (SSSR count). The van der Waals surface area contributed by atoms with Crippen LogP contribution in [-0.4, -0.2) is 39.6 Å². The third-order valence-electron chi connectivity index (χ3n) is 3.61. The molecule has 2 aromatic rings. The number of nitrogens with one attached hydrogen (secondary N) is 1. The first-order chi connectivity index (χ1) is 13.2. The van der Waals surface area contributed by atoms with Gasteiger partial charge in [0.05, 0.1) is 25.5 Å². The number of carbonyl (C=O) groups is 2. The summed E-state index contributed by atoms with van der Waals surface area (Å²) in [6.45, 7) is 0. The molecule has 0 aliphatic rings. The van der Waals surface area contributed by atoms with Crippen LogP contribution < -0.4 is 19.9 Å². The van der Waals surface area contributed by atoms with Gasteiger partial charge in [0.25, 0.3) is 15.9 Å². The molecule has 9 nitrogen and oxygen atoms in total. The van der Waals surface area contributed by atoms with E-state index in [2.05, 4.69) is 4.72 Å². The summed E-state index contributed by atoms with van der Waals surface area (Å²) < 4.78 is 38.6. The van der Waals surface area contributed by atoms with E-state index in [1.807, 2.05) is 0 Å². The highest BCUT2D eigenvalue weighted by Gasteiger charge is 2.25. The molecule has 148 valence electrons. The van der Waals surface area contributed by atoms with Crippen molar-refractivity contribution in [2.24, 2.45) is 5.73 Å². The molecule has 2 aromatic carbocycles. The second-order valence-corrected chi connectivity index (χ2v) is 7.09. The molecule has 0 fully saturated rings. The number of sulfonamides is 1. The number of para-hydroxylation sites is 1. The van der Waals surface area contributed by atoms with Crippen molar-refractivity contribution < 1.29 is 32.6 Å². The number of aliphatic carboxylic acids is 1. The molecule has 0 bridgehead atoms. The molecule has 28 heavy (non-hydrogen) atoms. The van der Waals surface area contributed by atoms with Crippen LogP contribution in [0.4, 0.5) is 5.69 Å². The maximum Gasteiger partial charge on any atom is 0.328 e. The SMILES string of the molecule is COc1cc(/C=C/C(=O)O)cc(S(=O)(=O)Nc2ccccc2C(N)=O)c1OC. The van der Waals surface area contributed by atoms with Crippen molar-refractivity contribution in [3.05, 3.63) is 53.6 Å². The molecule has 0 aliphatic heterocycles. The number of anilines is 1. The van der Waals surface area contributed by atoms with E-state index in [-0.39, 0.29) is 33.2 Å². The van der Waals surface area contributed by atoms with Crippen molar-refractivity contribution in [3.8, 4) is 11.5 Å². The van der Waals surface area contributed by atoms with Crippen molar-refractivity contribution in [2.45, 2.75) is 4.90 Å². The number of carboxylic acid groups (broad SMARTS) is 1. The minimum atomic E-state index is -4.25. The Bertz CT molecular complexity index is 1050. The van der Waals surface area contributed by atoms with E-state index in [1.165, 1.54) is 50.6 Å². The van der Waals surface area contributed by atoms with Gasteiger partial charge in [-0.05, 0) is 35.9 Å². The molecular formula is C18H18N2O7S. The van der Waals surface area contributed by atoms with E-state index in [1.54, 1.807) is 6.07 Å². The highest BCUT2D eigenvalue weighted by atomic mass is 32.2. The van der Waals surface area contributed by atoms with Gasteiger partial charge in [0.2, 0.25) is 0 Å². The maximum atomic E-state index is 13.0. The second kappa shape index (κ2) is 8.44. The van der Waals surface area contributed by atoms with Gasteiger partial charge in [-0.15, -0.1) is 0 Å². The van der Waals surface area contributed by atoms with Crippen LogP contribution in [0, 0.1) is 0 Å². The normalized spacial score (nSPS) is 11.2. The van der Waals surface area contributed by atoms with Gasteiger partial charge in [0.15, 0.2) is 11.5 Å². The minimum absolute atomic E-state index is 0.0116. The van der Waals surface area contributed by atoms with Crippen molar-refractivity contribution >= 4 is 33.7 Å². The van der Waals surface area contributed by atoms with Crippen LogP contribution in [0.5, 0.6) is 11.5 Å². The lowest BCUT2D eigenvalue weighted by Crippen LogP contribution is -2.19. The first kappa shape index (κ1) is 20.8. The number of ether oxygens (including phenoxy) is 2. The van der Waals surface area contributed by atoms with Crippen LogP contribution in [0.2, 0.25) is 0 Å². The molecule has 4 N–H and O–H groups in total. The summed E-state index contributed by atoms with van der Waals surface area (Å²) in [5, 5.41) is 8.79. The van der Waals surface area contributed by atoms with Crippen LogP contribution >= 0.6 is 0 Å². The van der Waals surface area contributed by atoms with E-state index in [0.29, 0.717) is 0 Å². The fraction of sp³-hybridized carbons (Fsp3) is 0.111. The molecule has 0 aromatic heterocycles. The lowest BCUT2D eigenvalue weighted by atomic mass is 10.2. The number of amides is 1. The Morgan fingerprint density at radius 3 is 2.39 bits per heavy atom. The summed E-state index contributed by atoms with van der Waals surface area (Å²) in [7, 11) is -1.67. The zero-order valence-electron chi connectivity index (χ0n) is 15.0. The minimum Gasteiger partial charge on any atom is -0.493 e.